The molecule has 0 amide bonds. The van der Waals surface area contributed by atoms with Gasteiger partial charge >= 0.3 is 12.4 Å². The average molecular weight is 568 g/mol. The van der Waals surface area contributed by atoms with E-state index in [9.17, 15) is 34.8 Å². The van der Waals surface area contributed by atoms with Gasteiger partial charge in [-0.25, -0.2) is 22.6 Å². The molecule has 3 aromatic heterocycles. The van der Waals surface area contributed by atoms with Crippen LogP contribution >= 0.6 is 0 Å². The van der Waals surface area contributed by atoms with Gasteiger partial charge in [-0.15, -0.1) is 0 Å². The van der Waals surface area contributed by atoms with Gasteiger partial charge in [-0.2, -0.15) is 31.4 Å². The molecule has 0 aliphatic rings. The Morgan fingerprint density at radius 3 is 2.13 bits per heavy atom. The third-order valence-corrected chi connectivity index (χ3v) is 6.80. The summed E-state index contributed by atoms with van der Waals surface area (Å²) in [6.45, 7) is 4.98. The third-order valence-electron chi connectivity index (χ3n) is 5.08. The number of hydrogen-bond acceptors (Lipinski definition) is 5. The Labute approximate surface area is 219 Å². The van der Waals surface area contributed by atoms with Crippen LogP contribution in [0.15, 0.2) is 59.9 Å². The highest BCUT2D eigenvalue weighted by atomic mass is 32.2. The molecule has 204 valence electrons. The van der Waals surface area contributed by atoms with Crippen molar-refractivity contribution in [2.75, 3.05) is 0 Å². The summed E-state index contributed by atoms with van der Waals surface area (Å²) in [6.07, 6.45) is -6.03. The Hall–Kier alpha value is -3.96. The fraction of sp³-hybridized carbons (Fsp3) is 0.240. The molecule has 4 aromatic rings. The predicted octanol–water partition coefficient (Wildman–Crippen LogP) is 5.31. The van der Waals surface area contributed by atoms with E-state index in [1.165, 1.54) is 12.3 Å². The van der Waals surface area contributed by atoms with E-state index in [0.29, 0.717) is 10.6 Å². The van der Waals surface area contributed by atoms with E-state index < -0.39 is 39.2 Å². The fourth-order valence-corrected chi connectivity index (χ4v) is 4.87. The maximum atomic E-state index is 13.8. The molecule has 0 unspecified atom stereocenters. The Morgan fingerprint density at radius 2 is 1.54 bits per heavy atom. The zero-order valence-electron chi connectivity index (χ0n) is 20.5. The Bertz CT molecular complexity index is 1710. The highest BCUT2D eigenvalue weighted by Crippen LogP contribution is 2.34. The summed E-state index contributed by atoms with van der Waals surface area (Å²) in [5.41, 5.74) is -3.33. The van der Waals surface area contributed by atoms with Crippen LogP contribution in [-0.2, 0) is 22.4 Å². The first-order valence-corrected chi connectivity index (χ1v) is 12.6. The molecule has 3 heterocycles. The number of hydrogen-bond donors (Lipinski definition) is 1. The Morgan fingerprint density at radius 1 is 0.872 bits per heavy atom. The summed E-state index contributed by atoms with van der Waals surface area (Å²) in [5, 5.41) is 3.74. The lowest BCUT2D eigenvalue weighted by Gasteiger charge is -2.20. The number of alkyl halides is 6. The highest BCUT2D eigenvalue weighted by Gasteiger charge is 2.36. The molecule has 0 saturated carbocycles. The van der Waals surface area contributed by atoms with Crippen LogP contribution in [0.3, 0.4) is 0 Å². The van der Waals surface area contributed by atoms with Crippen molar-refractivity contribution in [2.24, 2.45) is 0 Å². The summed E-state index contributed by atoms with van der Waals surface area (Å²) in [5.74, 6) is 5.28. The lowest BCUT2D eigenvalue weighted by molar-refractivity contribution is -0.142. The van der Waals surface area contributed by atoms with E-state index in [1.807, 2.05) is 0 Å². The first-order chi connectivity index (χ1) is 17.9. The van der Waals surface area contributed by atoms with E-state index >= 15 is 0 Å². The van der Waals surface area contributed by atoms with Gasteiger partial charge in [0.1, 0.15) is 4.90 Å². The molecular formula is C25H19F6N5O2S. The average Bonchev–Trinajstić information content (AvgIpc) is 3.22. The molecule has 0 spiro atoms. The van der Waals surface area contributed by atoms with Crippen molar-refractivity contribution in [1.29, 1.82) is 0 Å². The van der Waals surface area contributed by atoms with Gasteiger partial charge in [0.2, 0.25) is 10.0 Å². The second kappa shape index (κ2) is 9.65. The smallest absolute Gasteiger partial charge is 0.262 e. The predicted molar refractivity (Wildman–Crippen MR) is 129 cm³/mol. The van der Waals surface area contributed by atoms with Crippen LogP contribution in [0.25, 0.3) is 16.9 Å². The number of nitrogens with zero attached hydrogens (tertiary/aromatic N) is 4. The van der Waals surface area contributed by atoms with Gasteiger partial charge in [-0.3, -0.25) is 4.98 Å². The summed E-state index contributed by atoms with van der Waals surface area (Å²) in [6, 6.07) is 5.46. The van der Waals surface area contributed by atoms with Crippen molar-refractivity contribution in [3.63, 3.8) is 0 Å². The van der Waals surface area contributed by atoms with E-state index in [4.69, 9.17) is 0 Å². The van der Waals surface area contributed by atoms with Gasteiger partial charge in [0, 0.05) is 29.1 Å². The SMILES string of the molecule is CC(C)(C)NS(=O)(=O)c1cncc(C#Cc2cnn3c(C(F)(F)F)cc(-c4ccc(C(F)(F)F)cc4)nc23)c1. The summed E-state index contributed by atoms with van der Waals surface area (Å²) in [7, 11) is -3.92. The first kappa shape index (κ1) is 28.1. The second-order valence-corrected chi connectivity index (χ2v) is 11.1. The van der Waals surface area contributed by atoms with Crippen molar-refractivity contribution in [1.82, 2.24) is 24.3 Å². The van der Waals surface area contributed by atoms with E-state index in [0.717, 1.165) is 36.7 Å². The van der Waals surface area contributed by atoms with Gasteiger partial charge in [0.25, 0.3) is 0 Å². The van der Waals surface area contributed by atoms with Gasteiger partial charge in [0.05, 0.1) is 23.0 Å². The maximum Gasteiger partial charge on any atom is 0.433 e. The largest absolute Gasteiger partial charge is 0.433 e. The van der Waals surface area contributed by atoms with Gasteiger partial charge in [0.15, 0.2) is 11.3 Å². The van der Waals surface area contributed by atoms with Crippen molar-refractivity contribution < 1.29 is 34.8 Å². The molecule has 0 fully saturated rings. The number of pyridine rings is 1. The quantitative estimate of drug-likeness (QED) is 0.268. The second-order valence-electron chi connectivity index (χ2n) is 9.41. The van der Waals surface area contributed by atoms with Crippen molar-refractivity contribution in [3.8, 4) is 23.1 Å². The van der Waals surface area contributed by atoms with E-state index in [2.05, 4.69) is 31.6 Å². The van der Waals surface area contributed by atoms with Crippen LogP contribution in [0.2, 0.25) is 0 Å². The minimum atomic E-state index is -4.87. The molecular weight excluding hydrogens is 548 g/mol. The molecule has 39 heavy (non-hydrogen) atoms. The number of halogens is 6. The fourth-order valence-electron chi connectivity index (χ4n) is 3.47. The molecule has 0 radical (unpaired) electrons. The van der Waals surface area contributed by atoms with Crippen molar-refractivity contribution in [2.45, 2.75) is 43.6 Å². The van der Waals surface area contributed by atoms with Crippen LogP contribution in [-0.4, -0.2) is 33.5 Å². The van der Waals surface area contributed by atoms with Crippen LogP contribution in [0, 0.1) is 11.8 Å². The minimum Gasteiger partial charge on any atom is -0.262 e. The van der Waals surface area contributed by atoms with Gasteiger partial charge < -0.3 is 0 Å². The molecule has 0 bridgehead atoms. The Kier molecular flexibility index (Phi) is 6.95. The van der Waals surface area contributed by atoms with Gasteiger partial charge in [-0.1, -0.05) is 24.0 Å². The molecule has 0 atom stereocenters. The zero-order valence-corrected chi connectivity index (χ0v) is 21.3. The summed E-state index contributed by atoms with van der Waals surface area (Å²) < 4.78 is 108. The highest BCUT2D eigenvalue weighted by molar-refractivity contribution is 7.89. The summed E-state index contributed by atoms with van der Waals surface area (Å²) in [4.78, 5) is 7.90. The zero-order chi connectivity index (χ0) is 28.8. The Balaban J connectivity index is 1.79. The summed E-state index contributed by atoms with van der Waals surface area (Å²) >= 11 is 0. The topological polar surface area (TPSA) is 89.2 Å². The van der Waals surface area contributed by atoms with Crippen LogP contribution in [0.4, 0.5) is 26.3 Å². The van der Waals surface area contributed by atoms with Crippen LogP contribution in [0.1, 0.15) is 43.2 Å². The first-order valence-electron chi connectivity index (χ1n) is 11.1. The number of sulfonamides is 1. The molecule has 14 heteroatoms. The maximum absolute atomic E-state index is 13.8. The van der Waals surface area contributed by atoms with E-state index in [-0.39, 0.29) is 32.9 Å². The van der Waals surface area contributed by atoms with Gasteiger partial charge in [-0.05, 0) is 45.0 Å². The molecule has 0 aliphatic carbocycles. The molecule has 0 saturated heterocycles. The normalized spacial score (nSPS) is 12.8. The van der Waals surface area contributed by atoms with E-state index in [1.54, 1.807) is 20.8 Å². The molecule has 7 nitrogen and oxygen atoms in total. The monoisotopic (exact) mass is 567 g/mol. The lowest BCUT2D eigenvalue weighted by atomic mass is 10.1. The molecule has 1 N–H and O–H groups in total. The molecule has 1 aromatic carbocycles. The number of rotatable bonds is 3. The number of benzene rings is 1. The minimum absolute atomic E-state index is 0.0181. The lowest BCUT2D eigenvalue weighted by Crippen LogP contribution is -2.40. The van der Waals surface area contributed by atoms with Crippen molar-refractivity contribution >= 4 is 15.7 Å². The molecule has 0 aliphatic heterocycles. The van der Waals surface area contributed by atoms with Crippen LogP contribution in [0.5, 0.6) is 0 Å². The number of nitrogens with one attached hydrogen (secondary N) is 1. The number of fused-ring (bicyclic) bond motifs is 1. The van der Waals surface area contributed by atoms with Crippen LogP contribution < -0.4 is 4.72 Å². The molecule has 4 rings (SSSR count). The number of aromatic nitrogens is 4. The standard InChI is InChI=1S/C25H19F6N5O2S/c1-23(2,3)35-39(37,38)19-10-15(12-32-14-19)4-5-17-13-33-36-21(25(29,30)31)11-20(34-22(17)36)16-6-8-18(9-7-16)24(26,27)28/h6-14,35H,1-3H3. The van der Waals surface area contributed by atoms with Crippen molar-refractivity contribution in [3.05, 3.63) is 77.4 Å². The third kappa shape index (κ3) is 6.37.